The van der Waals surface area contributed by atoms with Crippen molar-refractivity contribution in [1.29, 1.82) is 0 Å². The first-order valence-corrected chi connectivity index (χ1v) is 7.02. The van der Waals surface area contributed by atoms with Crippen LogP contribution in [0, 0.1) is 0 Å². The average molecular weight is 282 g/mol. The van der Waals surface area contributed by atoms with Crippen molar-refractivity contribution < 1.29 is 50.0 Å². The molecule has 0 aromatic carbocycles. The van der Waals surface area contributed by atoms with E-state index in [1.165, 1.54) is 0 Å². The Balaban J connectivity index is -0.00000144. The van der Waals surface area contributed by atoms with Gasteiger partial charge in [0, 0.05) is 0 Å². The first-order valence-electron chi connectivity index (χ1n) is 7.02. The van der Waals surface area contributed by atoms with Gasteiger partial charge in [0.15, 0.2) is 0 Å². The zero-order valence-corrected chi connectivity index (χ0v) is 14.7. The van der Waals surface area contributed by atoms with Crippen LogP contribution in [0.1, 0.15) is 66.6 Å². The standard InChI is InChI=1S/C14H26O4.Na.H/c1-3-5-7-11-17-13(15)9-10-14(16)18-12-8-6-4-2;;/h3-12H2,1-2H3;;/q;+1;-1. The van der Waals surface area contributed by atoms with Crippen LogP contribution in [-0.2, 0) is 19.1 Å². The third-order valence-electron chi connectivity index (χ3n) is 2.56. The van der Waals surface area contributed by atoms with Gasteiger partial charge in [-0.3, -0.25) is 9.59 Å². The molecule has 0 rings (SSSR count). The molecule has 0 saturated carbocycles. The normalized spacial score (nSPS) is 9.58. The minimum Gasteiger partial charge on any atom is -1.00 e. The van der Waals surface area contributed by atoms with Crippen molar-refractivity contribution in [3.63, 3.8) is 0 Å². The van der Waals surface area contributed by atoms with Gasteiger partial charge in [0.05, 0.1) is 26.1 Å². The summed E-state index contributed by atoms with van der Waals surface area (Å²) in [7, 11) is 0. The van der Waals surface area contributed by atoms with Gasteiger partial charge in [-0.2, -0.15) is 0 Å². The minimum atomic E-state index is -0.309. The van der Waals surface area contributed by atoms with Crippen molar-refractivity contribution in [1.82, 2.24) is 0 Å². The Hall–Kier alpha value is -0.0600. The molecule has 0 aliphatic carbocycles. The average Bonchev–Trinajstić information content (AvgIpc) is 2.37. The summed E-state index contributed by atoms with van der Waals surface area (Å²) in [6.45, 7) is 5.10. The van der Waals surface area contributed by atoms with Gasteiger partial charge in [0.2, 0.25) is 0 Å². The summed E-state index contributed by atoms with van der Waals surface area (Å²) >= 11 is 0. The van der Waals surface area contributed by atoms with E-state index in [2.05, 4.69) is 13.8 Å². The van der Waals surface area contributed by atoms with Gasteiger partial charge in [-0.05, 0) is 12.8 Å². The molecule has 0 fully saturated rings. The largest absolute Gasteiger partial charge is 1.00 e. The van der Waals surface area contributed by atoms with E-state index in [9.17, 15) is 9.59 Å². The zero-order valence-electron chi connectivity index (χ0n) is 13.7. The molecular formula is C14H27NaO4. The summed E-state index contributed by atoms with van der Waals surface area (Å²) in [4.78, 5) is 22.5. The molecule has 0 heterocycles. The van der Waals surface area contributed by atoms with Crippen LogP contribution in [0.15, 0.2) is 0 Å². The second-order valence-electron chi connectivity index (χ2n) is 4.36. The first-order chi connectivity index (χ1) is 8.70. The van der Waals surface area contributed by atoms with Crippen LogP contribution in [0.2, 0.25) is 0 Å². The number of rotatable bonds is 11. The summed E-state index contributed by atoms with van der Waals surface area (Å²) in [6.07, 6.45) is 6.35. The number of unbranched alkanes of at least 4 members (excludes halogenated alkanes) is 4. The summed E-state index contributed by atoms with van der Waals surface area (Å²) in [5, 5.41) is 0. The molecule has 0 amide bonds. The first kappa shape index (κ1) is 21.2. The second kappa shape index (κ2) is 16.0. The van der Waals surface area contributed by atoms with Crippen LogP contribution in [-0.4, -0.2) is 25.2 Å². The molecule has 0 saturated heterocycles. The fraction of sp³-hybridized carbons (Fsp3) is 0.857. The smallest absolute Gasteiger partial charge is 1.00 e. The van der Waals surface area contributed by atoms with E-state index in [0.29, 0.717) is 13.2 Å². The molecule has 0 aromatic rings. The van der Waals surface area contributed by atoms with Crippen LogP contribution >= 0.6 is 0 Å². The van der Waals surface area contributed by atoms with Crippen LogP contribution < -0.4 is 29.6 Å². The number of carbonyl (C=O) groups excluding carboxylic acids is 2. The Kier molecular flexibility index (Phi) is 17.9. The van der Waals surface area contributed by atoms with E-state index in [-0.39, 0.29) is 55.8 Å². The van der Waals surface area contributed by atoms with E-state index in [0.717, 1.165) is 38.5 Å². The molecule has 0 aliphatic rings. The molecule has 0 spiro atoms. The Morgan fingerprint density at radius 3 is 1.47 bits per heavy atom. The summed E-state index contributed by atoms with van der Waals surface area (Å²) in [5.74, 6) is -0.617. The van der Waals surface area contributed by atoms with Gasteiger partial charge in [0.1, 0.15) is 0 Å². The maximum Gasteiger partial charge on any atom is 1.00 e. The van der Waals surface area contributed by atoms with Crippen molar-refractivity contribution in [2.75, 3.05) is 13.2 Å². The van der Waals surface area contributed by atoms with Crippen molar-refractivity contribution >= 4 is 11.9 Å². The monoisotopic (exact) mass is 282 g/mol. The fourth-order valence-electron chi connectivity index (χ4n) is 1.42. The van der Waals surface area contributed by atoms with Gasteiger partial charge >= 0.3 is 41.5 Å². The van der Waals surface area contributed by atoms with E-state index in [1.807, 2.05) is 0 Å². The molecule has 0 bridgehead atoms. The van der Waals surface area contributed by atoms with Gasteiger partial charge in [-0.1, -0.05) is 39.5 Å². The molecule has 0 radical (unpaired) electrons. The van der Waals surface area contributed by atoms with Gasteiger partial charge in [0.25, 0.3) is 0 Å². The van der Waals surface area contributed by atoms with E-state index >= 15 is 0 Å². The molecule has 108 valence electrons. The Morgan fingerprint density at radius 2 is 1.16 bits per heavy atom. The molecule has 5 heteroatoms. The van der Waals surface area contributed by atoms with Gasteiger partial charge < -0.3 is 10.9 Å². The van der Waals surface area contributed by atoms with Crippen molar-refractivity contribution in [2.45, 2.75) is 65.2 Å². The van der Waals surface area contributed by atoms with Crippen molar-refractivity contribution in [2.24, 2.45) is 0 Å². The molecule has 4 nitrogen and oxygen atoms in total. The predicted molar refractivity (Wildman–Crippen MR) is 71.3 cm³/mol. The van der Waals surface area contributed by atoms with E-state index in [1.54, 1.807) is 0 Å². The van der Waals surface area contributed by atoms with Crippen LogP contribution in [0.5, 0.6) is 0 Å². The maximum atomic E-state index is 11.3. The van der Waals surface area contributed by atoms with Gasteiger partial charge in [-0.25, -0.2) is 0 Å². The number of carbonyl (C=O) groups is 2. The van der Waals surface area contributed by atoms with Crippen molar-refractivity contribution in [3.05, 3.63) is 0 Å². The van der Waals surface area contributed by atoms with Crippen LogP contribution in [0.4, 0.5) is 0 Å². The number of ether oxygens (including phenoxy) is 2. The number of hydrogen-bond acceptors (Lipinski definition) is 4. The zero-order chi connectivity index (χ0) is 13.6. The SMILES string of the molecule is CCCCCOC(=O)CCC(=O)OCCCCC.[H-].[Na+]. The number of hydrogen-bond donors (Lipinski definition) is 0. The molecule has 0 aromatic heterocycles. The fourth-order valence-corrected chi connectivity index (χ4v) is 1.42. The topological polar surface area (TPSA) is 52.6 Å². The summed E-state index contributed by atoms with van der Waals surface area (Å²) < 4.78 is 9.98. The minimum absolute atomic E-state index is 0. The summed E-state index contributed by atoms with van der Waals surface area (Å²) in [5.41, 5.74) is 0. The van der Waals surface area contributed by atoms with Crippen LogP contribution in [0.3, 0.4) is 0 Å². The summed E-state index contributed by atoms with van der Waals surface area (Å²) in [6, 6.07) is 0. The maximum absolute atomic E-state index is 11.3. The third kappa shape index (κ3) is 15.9. The van der Waals surface area contributed by atoms with Crippen molar-refractivity contribution in [3.8, 4) is 0 Å². The van der Waals surface area contributed by atoms with E-state index in [4.69, 9.17) is 9.47 Å². The Labute approximate surface area is 140 Å². The van der Waals surface area contributed by atoms with Crippen LogP contribution in [0.25, 0.3) is 0 Å². The molecular weight excluding hydrogens is 255 g/mol. The second-order valence-corrected chi connectivity index (χ2v) is 4.36. The predicted octanol–water partition coefficient (Wildman–Crippen LogP) is 0.350. The quantitative estimate of drug-likeness (QED) is 0.312. The number of esters is 2. The Bertz CT molecular complexity index is 213. The third-order valence-corrected chi connectivity index (χ3v) is 2.56. The molecule has 0 N–H and O–H groups in total. The van der Waals surface area contributed by atoms with Gasteiger partial charge in [-0.15, -0.1) is 0 Å². The Morgan fingerprint density at radius 1 is 0.789 bits per heavy atom. The molecule has 0 atom stereocenters. The molecule has 0 unspecified atom stereocenters. The molecule has 0 aliphatic heterocycles. The van der Waals surface area contributed by atoms with E-state index < -0.39 is 0 Å². The molecule has 19 heavy (non-hydrogen) atoms.